The molecule has 0 saturated heterocycles. The Morgan fingerprint density at radius 2 is 1.88 bits per heavy atom. The van der Waals surface area contributed by atoms with Crippen LogP contribution in [0.1, 0.15) is 20.3 Å². The van der Waals surface area contributed by atoms with E-state index < -0.39 is 5.97 Å². The maximum Gasteiger partial charge on any atom is 0.318 e. The normalized spacial score (nSPS) is 9.12. The Balaban J connectivity index is 0.000000770. The second-order valence-electron chi connectivity index (χ2n) is 3.20. The van der Waals surface area contributed by atoms with Crippen molar-refractivity contribution < 1.29 is 14.6 Å². The topological polar surface area (TPSA) is 58.6 Å². The summed E-state index contributed by atoms with van der Waals surface area (Å²) in [5.74, 6) is -0.0846. The molecule has 1 rings (SSSR count). The third-order valence-electron chi connectivity index (χ3n) is 1.47. The van der Waals surface area contributed by atoms with Crippen molar-refractivity contribution in [3.8, 4) is 5.75 Å². The average molecular weight is 257 g/mol. The van der Waals surface area contributed by atoms with Gasteiger partial charge in [0, 0.05) is 4.90 Å². The van der Waals surface area contributed by atoms with Gasteiger partial charge in [0.05, 0.1) is 7.11 Å². The summed E-state index contributed by atoms with van der Waals surface area (Å²) in [6.45, 7) is 4.19. The van der Waals surface area contributed by atoms with Gasteiger partial charge in [-0.05, 0) is 36.2 Å². The van der Waals surface area contributed by atoms with Gasteiger partial charge in [-0.3, -0.25) is 4.79 Å². The molecule has 5 heteroatoms. The molecule has 0 spiro atoms. The van der Waals surface area contributed by atoms with Crippen LogP contribution in [-0.4, -0.2) is 24.7 Å². The molecule has 0 bridgehead atoms. The van der Waals surface area contributed by atoms with Crippen LogP contribution in [0.2, 0.25) is 0 Å². The zero-order valence-corrected chi connectivity index (χ0v) is 11.2. The van der Waals surface area contributed by atoms with Crippen molar-refractivity contribution in [1.82, 2.24) is 4.72 Å². The Morgan fingerprint density at radius 1 is 1.35 bits per heavy atom. The first-order valence-electron chi connectivity index (χ1n) is 5.39. The number of hydrogen-bond donors (Lipinski definition) is 2. The molecule has 0 unspecified atom stereocenters. The first kappa shape index (κ1) is 15.8. The fourth-order valence-electron chi connectivity index (χ4n) is 0.825. The molecular formula is C12H19NO3S. The van der Waals surface area contributed by atoms with Gasteiger partial charge in [0.2, 0.25) is 0 Å². The van der Waals surface area contributed by atoms with Gasteiger partial charge in [0.15, 0.2) is 0 Å². The Kier molecular flexibility index (Phi) is 9.28. The molecule has 0 heterocycles. The number of rotatable bonds is 5. The summed E-state index contributed by atoms with van der Waals surface area (Å²) in [7, 11) is 1.60. The Morgan fingerprint density at radius 3 is 2.29 bits per heavy atom. The number of carboxylic acid groups (broad SMARTS) is 1. The SMILES string of the molecule is CCC.COc1ccc(SNCC(=O)O)cc1. The largest absolute Gasteiger partial charge is 0.497 e. The molecule has 17 heavy (non-hydrogen) atoms. The molecule has 0 amide bonds. The van der Waals surface area contributed by atoms with Crippen LogP contribution in [0.25, 0.3) is 0 Å². The maximum absolute atomic E-state index is 10.2. The van der Waals surface area contributed by atoms with Crippen LogP contribution >= 0.6 is 11.9 Å². The number of nitrogens with one attached hydrogen (secondary N) is 1. The van der Waals surface area contributed by atoms with Crippen molar-refractivity contribution in [2.24, 2.45) is 0 Å². The number of benzene rings is 1. The predicted molar refractivity (Wildman–Crippen MR) is 70.5 cm³/mol. The zero-order valence-electron chi connectivity index (χ0n) is 10.4. The average Bonchev–Trinajstić information content (AvgIpc) is 2.30. The number of aliphatic carboxylic acids is 1. The molecule has 0 saturated carbocycles. The van der Waals surface area contributed by atoms with Crippen molar-refractivity contribution in [3.63, 3.8) is 0 Å². The lowest BCUT2D eigenvalue weighted by Gasteiger charge is -2.02. The van der Waals surface area contributed by atoms with E-state index in [9.17, 15) is 4.79 Å². The molecule has 0 aliphatic carbocycles. The zero-order chi connectivity index (χ0) is 13.1. The molecule has 1 aromatic rings. The molecule has 0 aliphatic heterocycles. The first-order chi connectivity index (χ1) is 8.13. The minimum Gasteiger partial charge on any atom is -0.497 e. The van der Waals surface area contributed by atoms with Gasteiger partial charge in [-0.1, -0.05) is 20.3 Å². The number of ether oxygens (including phenoxy) is 1. The van der Waals surface area contributed by atoms with Crippen LogP contribution in [0, 0.1) is 0 Å². The van der Waals surface area contributed by atoms with Crippen molar-refractivity contribution in [3.05, 3.63) is 24.3 Å². The van der Waals surface area contributed by atoms with Crippen LogP contribution in [0.5, 0.6) is 5.75 Å². The molecule has 0 aliphatic rings. The summed E-state index contributed by atoms with van der Waals surface area (Å²) in [5.41, 5.74) is 0. The van der Waals surface area contributed by atoms with E-state index in [1.807, 2.05) is 24.3 Å². The maximum atomic E-state index is 10.2. The highest BCUT2D eigenvalue weighted by Gasteiger charge is 1.97. The molecule has 1 aromatic carbocycles. The lowest BCUT2D eigenvalue weighted by molar-refractivity contribution is -0.135. The van der Waals surface area contributed by atoms with Crippen LogP contribution in [0.15, 0.2) is 29.2 Å². The highest BCUT2D eigenvalue weighted by atomic mass is 32.2. The van der Waals surface area contributed by atoms with Gasteiger partial charge >= 0.3 is 5.97 Å². The van der Waals surface area contributed by atoms with E-state index in [0.29, 0.717) is 0 Å². The van der Waals surface area contributed by atoms with Crippen molar-refractivity contribution >= 4 is 17.9 Å². The molecule has 4 nitrogen and oxygen atoms in total. The quantitative estimate of drug-likeness (QED) is 0.794. The lowest BCUT2D eigenvalue weighted by Crippen LogP contribution is -2.15. The monoisotopic (exact) mass is 257 g/mol. The van der Waals surface area contributed by atoms with Gasteiger partial charge in [0.25, 0.3) is 0 Å². The second kappa shape index (κ2) is 9.99. The molecule has 0 atom stereocenters. The smallest absolute Gasteiger partial charge is 0.318 e. The first-order valence-corrected chi connectivity index (χ1v) is 6.21. The summed E-state index contributed by atoms with van der Waals surface area (Å²) < 4.78 is 7.70. The van der Waals surface area contributed by atoms with Gasteiger partial charge in [-0.15, -0.1) is 0 Å². The van der Waals surface area contributed by atoms with E-state index >= 15 is 0 Å². The Labute approximate surface area is 107 Å². The van der Waals surface area contributed by atoms with Gasteiger partial charge in [-0.25, -0.2) is 4.72 Å². The summed E-state index contributed by atoms with van der Waals surface area (Å²) in [4.78, 5) is 11.1. The minimum absolute atomic E-state index is 0.0588. The predicted octanol–water partition coefficient (Wildman–Crippen LogP) is 2.79. The summed E-state index contributed by atoms with van der Waals surface area (Å²) in [5, 5.41) is 8.38. The number of carboxylic acids is 1. The van der Waals surface area contributed by atoms with Crippen molar-refractivity contribution in [2.75, 3.05) is 13.7 Å². The molecular weight excluding hydrogens is 238 g/mol. The second-order valence-corrected chi connectivity index (χ2v) is 4.16. The molecule has 2 N–H and O–H groups in total. The van der Waals surface area contributed by atoms with E-state index in [-0.39, 0.29) is 6.54 Å². The third kappa shape index (κ3) is 8.59. The summed E-state index contributed by atoms with van der Waals surface area (Å²) >= 11 is 1.28. The highest BCUT2D eigenvalue weighted by molar-refractivity contribution is 7.97. The van der Waals surface area contributed by atoms with Gasteiger partial charge in [0.1, 0.15) is 12.3 Å². The Hall–Kier alpha value is -1.20. The van der Waals surface area contributed by atoms with Crippen LogP contribution in [0.4, 0.5) is 0 Å². The van der Waals surface area contributed by atoms with Crippen LogP contribution in [0.3, 0.4) is 0 Å². The molecule has 0 fully saturated rings. The standard InChI is InChI=1S/C9H11NO3S.C3H8/c1-13-7-2-4-8(5-3-7)14-10-6-9(11)12;1-3-2/h2-5,10H,6H2,1H3,(H,11,12);3H2,1-2H3. The Bertz CT molecular complexity index is 314. The van der Waals surface area contributed by atoms with Gasteiger partial charge < -0.3 is 9.84 Å². The van der Waals surface area contributed by atoms with E-state index in [1.54, 1.807) is 7.11 Å². The van der Waals surface area contributed by atoms with Gasteiger partial charge in [-0.2, -0.15) is 0 Å². The number of methoxy groups -OCH3 is 1. The van der Waals surface area contributed by atoms with E-state index in [0.717, 1.165) is 10.6 Å². The summed E-state index contributed by atoms with van der Waals surface area (Å²) in [6, 6.07) is 7.37. The summed E-state index contributed by atoms with van der Waals surface area (Å²) in [6.07, 6.45) is 1.25. The van der Waals surface area contributed by atoms with E-state index in [1.165, 1.54) is 18.4 Å². The fraction of sp³-hybridized carbons (Fsp3) is 0.417. The van der Waals surface area contributed by atoms with E-state index in [2.05, 4.69) is 18.6 Å². The van der Waals surface area contributed by atoms with E-state index in [4.69, 9.17) is 9.84 Å². The molecule has 0 aromatic heterocycles. The number of carbonyl (C=O) groups is 1. The van der Waals surface area contributed by atoms with Crippen molar-refractivity contribution in [1.29, 1.82) is 0 Å². The van der Waals surface area contributed by atoms with Crippen LogP contribution in [-0.2, 0) is 4.79 Å². The third-order valence-corrected chi connectivity index (χ3v) is 2.27. The minimum atomic E-state index is -0.869. The number of hydrogen-bond acceptors (Lipinski definition) is 4. The molecule has 0 radical (unpaired) electrons. The lowest BCUT2D eigenvalue weighted by atomic mass is 10.3. The van der Waals surface area contributed by atoms with Crippen LogP contribution < -0.4 is 9.46 Å². The molecule has 96 valence electrons. The van der Waals surface area contributed by atoms with Crippen molar-refractivity contribution in [2.45, 2.75) is 25.2 Å². The fourth-order valence-corrected chi connectivity index (χ4v) is 1.46. The highest BCUT2D eigenvalue weighted by Crippen LogP contribution is 2.18.